The molecular formula is C15H13BrN2O. The smallest absolute Gasteiger partial charge is 0.134 e. The van der Waals surface area contributed by atoms with Crippen LogP contribution >= 0.6 is 15.9 Å². The van der Waals surface area contributed by atoms with Crippen LogP contribution in [0.25, 0.3) is 11.0 Å². The van der Waals surface area contributed by atoms with Crippen LogP contribution in [0.15, 0.2) is 51.6 Å². The fourth-order valence-corrected chi connectivity index (χ4v) is 2.48. The Balaban J connectivity index is 2.04. The molecule has 0 saturated heterocycles. The fourth-order valence-electron chi connectivity index (χ4n) is 2.10. The van der Waals surface area contributed by atoms with Crippen LogP contribution in [0.1, 0.15) is 22.9 Å². The number of fused-ring (bicyclic) bond motifs is 1. The van der Waals surface area contributed by atoms with E-state index in [0.29, 0.717) is 0 Å². The van der Waals surface area contributed by atoms with Crippen molar-refractivity contribution in [3.63, 3.8) is 0 Å². The number of hydrogen-bond donors (Lipinski definition) is 1. The minimum Gasteiger partial charge on any atom is -0.459 e. The maximum atomic E-state index is 6.23. The standard InChI is InChI=1S/C15H13BrN2O/c1-9-2-3-13-10(4-9)6-14(19-13)15(17)11-5-12(16)8-18-7-11/h2-8,15H,17H2,1H3. The van der Waals surface area contributed by atoms with Crippen molar-refractivity contribution in [2.45, 2.75) is 13.0 Å². The third-order valence-electron chi connectivity index (χ3n) is 3.08. The molecule has 96 valence electrons. The van der Waals surface area contributed by atoms with E-state index >= 15 is 0 Å². The Kier molecular flexibility index (Phi) is 3.12. The molecule has 0 aliphatic carbocycles. The molecule has 2 heterocycles. The van der Waals surface area contributed by atoms with E-state index in [-0.39, 0.29) is 6.04 Å². The van der Waals surface area contributed by atoms with Crippen molar-refractivity contribution in [3.8, 4) is 0 Å². The molecule has 0 radical (unpaired) electrons. The van der Waals surface area contributed by atoms with Gasteiger partial charge in [-0.2, -0.15) is 0 Å². The van der Waals surface area contributed by atoms with Crippen molar-refractivity contribution in [2.75, 3.05) is 0 Å². The second kappa shape index (κ2) is 4.79. The number of hydrogen-bond acceptors (Lipinski definition) is 3. The van der Waals surface area contributed by atoms with Crippen molar-refractivity contribution in [1.29, 1.82) is 0 Å². The van der Waals surface area contributed by atoms with Gasteiger partial charge in [-0.25, -0.2) is 0 Å². The normalized spacial score (nSPS) is 12.8. The van der Waals surface area contributed by atoms with Gasteiger partial charge in [-0.3, -0.25) is 4.98 Å². The summed E-state index contributed by atoms with van der Waals surface area (Å²) in [5.41, 5.74) is 9.22. The van der Waals surface area contributed by atoms with Gasteiger partial charge in [-0.1, -0.05) is 11.6 Å². The van der Waals surface area contributed by atoms with Gasteiger partial charge in [0.15, 0.2) is 0 Å². The predicted molar refractivity (Wildman–Crippen MR) is 78.9 cm³/mol. The molecule has 2 N–H and O–H groups in total. The third-order valence-corrected chi connectivity index (χ3v) is 3.52. The van der Waals surface area contributed by atoms with Crippen LogP contribution in [-0.2, 0) is 0 Å². The second-order valence-corrected chi connectivity index (χ2v) is 5.52. The van der Waals surface area contributed by atoms with Crippen LogP contribution in [0.4, 0.5) is 0 Å². The SMILES string of the molecule is Cc1ccc2oc(C(N)c3cncc(Br)c3)cc2c1. The first kappa shape index (κ1) is 12.4. The lowest BCUT2D eigenvalue weighted by atomic mass is 10.1. The Hall–Kier alpha value is -1.65. The molecule has 0 fully saturated rings. The summed E-state index contributed by atoms with van der Waals surface area (Å²) in [7, 11) is 0. The van der Waals surface area contributed by atoms with E-state index < -0.39 is 0 Å². The molecule has 4 heteroatoms. The number of nitrogens with two attached hydrogens (primary N) is 1. The fraction of sp³-hybridized carbons (Fsp3) is 0.133. The quantitative estimate of drug-likeness (QED) is 0.779. The van der Waals surface area contributed by atoms with Gasteiger partial charge in [0.2, 0.25) is 0 Å². The lowest BCUT2D eigenvalue weighted by molar-refractivity contribution is 0.524. The number of aryl methyl sites for hydroxylation is 1. The van der Waals surface area contributed by atoms with Gasteiger partial charge in [-0.15, -0.1) is 0 Å². The molecule has 0 amide bonds. The maximum absolute atomic E-state index is 6.23. The van der Waals surface area contributed by atoms with Gasteiger partial charge in [0.25, 0.3) is 0 Å². The minimum atomic E-state index is -0.308. The molecule has 1 unspecified atom stereocenters. The van der Waals surface area contributed by atoms with Crippen molar-refractivity contribution in [1.82, 2.24) is 4.98 Å². The van der Waals surface area contributed by atoms with Crippen LogP contribution < -0.4 is 5.73 Å². The second-order valence-electron chi connectivity index (χ2n) is 4.60. The summed E-state index contributed by atoms with van der Waals surface area (Å²) in [6, 6.07) is 9.73. The number of furan rings is 1. The van der Waals surface area contributed by atoms with E-state index in [1.165, 1.54) is 5.56 Å². The molecule has 0 bridgehead atoms. The maximum Gasteiger partial charge on any atom is 0.134 e. The van der Waals surface area contributed by atoms with E-state index in [4.69, 9.17) is 10.2 Å². The Morgan fingerprint density at radius 3 is 2.84 bits per heavy atom. The molecule has 3 rings (SSSR count). The molecule has 2 aromatic heterocycles. The van der Waals surface area contributed by atoms with Crippen molar-refractivity contribution in [2.24, 2.45) is 5.73 Å². The van der Waals surface area contributed by atoms with Crippen LogP contribution in [0, 0.1) is 6.92 Å². The largest absolute Gasteiger partial charge is 0.459 e. The summed E-state index contributed by atoms with van der Waals surface area (Å²) in [6.07, 6.45) is 3.49. The van der Waals surface area contributed by atoms with Gasteiger partial charge >= 0.3 is 0 Å². The van der Waals surface area contributed by atoms with E-state index in [1.807, 2.05) is 24.3 Å². The van der Waals surface area contributed by atoms with E-state index in [1.54, 1.807) is 12.4 Å². The Morgan fingerprint density at radius 2 is 2.05 bits per heavy atom. The summed E-state index contributed by atoms with van der Waals surface area (Å²) in [6.45, 7) is 2.06. The molecule has 0 saturated carbocycles. The van der Waals surface area contributed by atoms with Crippen molar-refractivity contribution < 1.29 is 4.42 Å². The average Bonchev–Trinajstić information content (AvgIpc) is 2.80. The molecule has 0 spiro atoms. The van der Waals surface area contributed by atoms with Crippen molar-refractivity contribution in [3.05, 3.63) is 64.1 Å². The number of nitrogens with zero attached hydrogens (tertiary/aromatic N) is 1. The first-order chi connectivity index (χ1) is 9.13. The highest BCUT2D eigenvalue weighted by molar-refractivity contribution is 9.10. The number of pyridine rings is 1. The van der Waals surface area contributed by atoms with Gasteiger partial charge in [0, 0.05) is 22.3 Å². The van der Waals surface area contributed by atoms with Gasteiger partial charge in [0.05, 0.1) is 6.04 Å². The van der Waals surface area contributed by atoms with Crippen LogP contribution in [0.2, 0.25) is 0 Å². The zero-order valence-electron chi connectivity index (χ0n) is 10.4. The highest BCUT2D eigenvalue weighted by Crippen LogP contribution is 2.27. The number of aromatic nitrogens is 1. The zero-order chi connectivity index (χ0) is 13.4. The molecule has 0 aliphatic rings. The molecule has 19 heavy (non-hydrogen) atoms. The summed E-state index contributed by atoms with van der Waals surface area (Å²) in [4.78, 5) is 4.13. The lowest BCUT2D eigenvalue weighted by Gasteiger charge is -2.08. The van der Waals surface area contributed by atoms with Crippen LogP contribution in [-0.4, -0.2) is 4.98 Å². The van der Waals surface area contributed by atoms with Gasteiger partial charge in [0.1, 0.15) is 11.3 Å². The summed E-state index contributed by atoms with van der Waals surface area (Å²) in [5.74, 6) is 0.750. The molecule has 1 atom stereocenters. The number of halogens is 1. The van der Waals surface area contributed by atoms with Crippen LogP contribution in [0.5, 0.6) is 0 Å². The monoisotopic (exact) mass is 316 g/mol. The molecule has 1 aromatic carbocycles. The zero-order valence-corrected chi connectivity index (χ0v) is 12.0. The Labute approximate surface area is 119 Å². The molecule has 3 nitrogen and oxygen atoms in total. The average molecular weight is 317 g/mol. The van der Waals surface area contributed by atoms with E-state index in [0.717, 1.165) is 26.8 Å². The van der Waals surface area contributed by atoms with Gasteiger partial charge < -0.3 is 10.2 Å². The first-order valence-corrected chi connectivity index (χ1v) is 6.79. The summed E-state index contributed by atoms with van der Waals surface area (Å²) in [5, 5.41) is 1.08. The highest BCUT2D eigenvalue weighted by atomic mass is 79.9. The molecular weight excluding hydrogens is 304 g/mol. The third kappa shape index (κ3) is 2.41. The van der Waals surface area contributed by atoms with Crippen molar-refractivity contribution >= 4 is 26.9 Å². The Morgan fingerprint density at radius 1 is 1.21 bits per heavy atom. The molecule has 0 aliphatic heterocycles. The predicted octanol–water partition coefficient (Wildman–Crippen LogP) is 3.95. The van der Waals surface area contributed by atoms with E-state index in [2.05, 4.69) is 33.9 Å². The number of rotatable bonds is 2. The summed E-state index contributed by atoms with van der Waals surface area (Å²) < 4.78 is 6.72. The minimum absolute atomic E-state index is 0.308. The topological polar surface area (TPSA) is 52.0 Å². The molecule has 3 aromatic rings. The van der Waals surface area contributed by atoms with Gasteiger partial charge in [-0.05, 0) is 52.7 Å². The van der Waals surface area contributed by atoms with E-state index in [9.17, 15) is 0 Å². The summed E-state index contributed by atoms with van der Waals surface area (Å²) >= 11 is 3.40. The highest BCUT2D eigenvalue weighted by Gasteiger charge is 2.14. The first-order valence-electron chi connectivity index (χ1n) is 5.99. The van der Waals surface area contributed by atoms with Crippen LogP contribution in [0.3, 0.4) is 0 Å². The Bertz CT molecular complexity index is 736. The lowest BCUT2D eigenvalue weighted by Crippen LogP contribution is -2.11. The number of benzene rings is 1.